The topological polar surface area (TPSA) is 38.1 Å². The molecule has 1 aromatic heterocycles. The molecule has 3 aromatic rings. The van der Waals surface area contributed by atoms with Crippen molar-refractivity contribution in [2.45, 2.75) is 13.0 Å². The van der Waals surface area contributed by atoms with Crippen molar-refractivity contribution in [1.82, 2.24) is 9.78 Å². The van der Waals surface area contributed by atoms with Gasteiger partial charge in [0, 0.05) is 25.1 Å². The largest absolute Gasteiger partial charge is 0.314 e. The van der Waals surface area contributed by atoms with Crippen molar-refractivity contribution in [2.75, 3.05) is 11.9 Å². The predicted molar refractivity (Wildman–Crippen MR) is 84.3 cm³/mol. The molecule has 4 heteroatoms. The first-order valence-electron chi connectivity index (χ1n) is 6.92. The van der Waals surface area contributed by atoms with E-state index in [1.54, 1.807) is 29.0 Å². The zero-order valence-corrected chi connectivity index (χ0v) is 12.1. The Morgan fingerprint density at radius 3 is 2.62 bits per heavy atom. The van der Waals surface area contributed by atoms with E-state index < -0.39 is 0 Å². The maximum Gasteiger partial charge on any atom is 0.251 e. The van der Waals surface area contributed by atoms with Crippen molar-refractivity contribution < 1.29 is 4.79 Å². The van der Waals surface area contributed by atoms with Gasteiger partial charge in [0.2, 0.25) is 0 Å². The summed E-state index contributed by atoms with van der Waals surface area (Å²) in [6, 6.07) is 15.7. The van der Waals surface area contributed by atoms with Crippen molar-refractivity contribution in [3.05, 3.63) is 60.9 Å². The van der Waals surface area contributed by atoms with Crippen LogP contribution in [0.1, 0.15) is 13.0 Å². The van der Waals surface area contributed by atoms with E-state index in [1.807, 2.05) is 49.4 Å². The van der Waals surface area contributed by atoms with Crippen molar-refractivity contribution in [3.8, 4) is 0 Å². The molecular weight excluding hydrogens is 262 g/mol. The smallest absolute Gasteiger partial charge is 0.251 e. The van der Waals surface area contributed by atoms with Crippen LogP contribution < -0.4 is 4.90 Å². The zero-order chi connectivity index (χ0) is 14.8. The molecule has 21 heavy (non-hydrogen) atoms. The van der Waals surface area contributed by atoms with Crippen LogP contribution in [0.5, 0.6) is 0 Å². The number of rotatable bonds is 3. The second kappa shape index (κ2) is 5.40. The third-order valence-electron chi connectivity index (χ3n) is 3.73. The van der Waals surface area contributed by atoms with Gasteiger partial charge >= 0.3 is 0 Å². The maximum atomic E-state index is 12.5. The summed E-state index contributed by atoms with van der Waals surface area (Å²) >= 11 is 0. The second-order valence-corrected chi connectivity index (χ2v) is 5.09. The Bertz CT molecular complexity index is 765. The number of carbonyl (C=O) groups excluding carboxylic acids is 1. The molecule has 106 valence electrons. The molecule has 0 aliphatic rings. The molecule has 1 unspecified atom stereocenters. The van der Waals surface area contributed by atoms with Crippen molar-refractivity contribution in [2.24, 2.45) is 0 Å². The molecule has 0 saturated carbocycles. The molecule has 0 N–H and O–H groups in total. The lowest BCUT2D eigenvalue weighted by Crippen LogP contribution is -2.33. The number of aromatic nitrogens is 2. The SMILES string of the molecule is CC(C(=O)N(C)c1ccc2ccccc2c1)n1cccn1. The highest BCUT2D eigenvalue weighted by Gasteiger charge is 2.20. The first kappa shape index (κ1) is 13.4. The van der Waals surface area contributed by atoms with E-state index in [4.69, 9.17) is 0 Å². The van der Waals surface area contributed by atoms with E-state index in [9.17, 15) is 4.79 Å². The van der Waals surface area contributed by atoms with Gasteiger partial charge in [-0.3, -0.25) is 9.48 Å². The summed E-state index contributed by atoms with van der Waals surface area (Å²) in [6.07, 6.45) is 3.48. The fraction of sp³-hybridized carbons (Fsp3) is 0.176. The van der Waals surface area contributed by atoms with E-state index in [0.717, 1.165) is 11.1 Å². The van der Waals surface area contributed by atoms with Crippen LogP contribution in [0.2, 0.25) is 0 Å². The van der Waals surface area contributed by atoms with Gasteiger partial charge in [-0.15, -0.1) is 0 Å². The van der Waals surface area contributed by atoms with Gasteiger partial charge in [0.25, 0.3) is 5.91 Å². The Labute approximate surface area is 123 Å². The van der Waals surface area contributed by atoms with E-state index in [-0.39, 0.29) is 11.9 Å². The molecule has 0 saturated heterocycles. The number of nitrogens with zero attached hydrogens (tertiary/aromatic N) is 3. The van der Waals surface area contributed by atoms with Crippen LogP contribution in [0.3, 0.4) is 0 Å². The highest BCUT2D eigenvalue weighted by molar-refractivity contribution is 5.97. The van der Waals surface area contributed by atoms with Crippen molar-refractivity contribution in [3.63, 3.8) is 0 Å². The predicted octanol–water partition coefficient (Wildman–Crippen LogP) is 3.26. The molecule has 0 aliphatic heterocycles. The van der Waals surface area contributed by atoms with Gasteiger partial charge in [0.05, 0.1) is 0 Å². The molecule has 2 aromatic carbocycles. The fourth-order valence-corrected chi connectivity index (χ4v) is 2.42. The highest BCUT2D eigenvalue weighted by atomic mass is 16.2. The van der Waals surface area contributed by atoms with Crippen LogP contribution in [0.4, 0.5) is 5.69 Å². The number of hydrogen-bond acceptors (Lipinski definition) is 2. The molecular formula is C17H17N3O. The van der Waals surface area contributed by atoms with E-state index in [0.29, 0.717) is 0 Å². The number of anilines is 1. The minimum Gasteiger partial charge on any atom is -0.314 e. The van der Waals surface area contributed by atoms with Gasteiger partial charge in [-0.05, 0) is 35.9 Å². The quantitative estimate of drug-likeness (QED) is 0.738. The lowest BCUT2D eigenvalue weighted by atomic mass is 10.1. The van der Waals surface area contributed by atoms with E-state index in [2.05, 4.69) is 11.2 Å². The van der Waals surface area contributed by atoms with Gasteiger partial charge < -0.3 is 4.90 Å². The number of likely N-dealkylation sites (N-methyl/N-ethyl adjacent to an activating group) is 1. The van der Waals surface area contributed by atoms with Crippen LogP contribution >= 0.6 is 0 Å². The van der Waals surface area contributed by atoms with Gasteiger partial charge in [-0.2, -0.15) is 5.10 Å². The van der Waals surface area contributed by atoms with E-state index in [1.165, 1.54) is 5.39 Å². The fourth-order valence-electron chi connectivity index (χ4n) is 2.42. The van der Waals surface area contributed by atoms with Crippen LogP contribution in [0.15, 0.2) is 60.9 Å². The Hall–Kier alpha value is -2.62. The summed E-state index contributed by atoms with van der Waals surface area (Å²) in [5.41, 5.74) is 0.887. The second-order valence-electron chi connectivity index (χ2n) is 5.09. The lowest BCUT2D eigenvalue weighted by molar-refractivity contribution is -0.121. The first-order chi connectivity index (χ1) is 10.2. The number of fused-ring (bicyclic) bond motifs is 1. The summed E-state index contributed by atoms with van der Waals surface area (Å²) in [4.78, 5) is 14.2. The third kappa shape index (κ3) is 2.52. The maximum absolute atomic E-state index is 12.5. The van der Waals surface area contributed by atoms with Crippen molar-refractivity contribution in [1.29, 1.82) is 0 Å². The van der Waals surface area contributed by atoms with Crippen LogP contribution in [-0.2, 0) is 4.79 Å². The number of benzene rings is 2. The number of hydrogen-bond donors (Lipinski definition) is 0. The Morgan fingerprint density at radius 1 is 1.14 bits per heavy atom. The lowest BCUT2D eigenvalue weighted by Gasteiger charge is -2.22. The zero-order valence-electron chi connectivity index (χ0n) is 12.1. The summed E-state index contributed by atoms with van der Waals surface area (Å²) in [5, 5.41) is 6.43. The molecule has 0 fully saturated rings. The Morgan fingerprint density at radius 2 is 1.90 bits per heavy atom. The summed E-state index contributed by atoms with van der Waals surface area (Å²) in [6.45, 7) is 1.85. The third-order valence-corrected chi connectivity index (χ3v) is 3.73. The standard InChI is InChI=1S/C17H17N3O/c1-13(20-11-5-10-18-20)17(21)19(2)16-9-8-14-6-3-4-7-15(14)12-16/h3-13H,1-2H3. The summed E-state index contributed by atoms with van der Waals surface area (Å²) in [7, 11) is 1.80. The van der Waals surface area contributed by atoms with Crippen LogP contribution in [0.25, 0.3) is 10.8 Å². The Kier molecular flexibility index (Phi) is 3.44. The van der Waals surface area contributed by atoms with Crippen molar-refractivity contribution >= 4 is 22.4 Å². The summed E-state index contributed by atoms with van der Waals surface area (Å²) < 4.78 is 1.67. The molecule has 0 aliphatic carbocycles. The average Bonchev–Trinajstić information content (AvgIpc) is 3.06. The molecule has 0 spiro atoms. The number of carbonyl (C=O) groups is 1. The minimum absolute atomic E-state index is 0.00832. The van der Waals surface area contributed by atoms with Gasteiger partial charge in [-0.1, -0.05) is 30.3 Å². The highest BCUT2D eigenvalue weighted by Crippen LogP contribution is 2.23. The Balaban J connectivity index is 1.89. The number of amides is 1. The molecule has 1 heterocycles. The molecule has 3 rings (SSSR count). The molecule has 1 atom stereocenters. The van der Waals surface area contributed by atoms with Gasteiger partial charge in [0.15, 0.2) is 0 Å². The first-order valence-corrected chi connectivity index (χ1v) is 6.92. The van der Waals surface area contributed by atoms with E-state index >= 15 is 0 Å². The van der Waals surface area contributed by atoms with Gasteiger partial charge in [-0.25, -0.2) is 0 Å². The monoisotopic (exact) mass is 279 g/mol. The van der Waals surface area contributed by atoms with Crippen LogP contribution in [-0.4, -0.2) is 22.7 Å². The van der Waals surface area contributed by atoms with Crippen LogP contribution in [0, 0.1) is 0 Å². The molecule has 4 nitrogen and oxygen atoms in total. The molecule has 1 amide bonds. The summed E-state index contributed by atoms with van der Waals surface area (Å²) in [5.74, 6) is 0.00832. The normalized spacial score (nSPS) is 12.3. The average molecular weight is 279 g/mol. The van der Waals surface area contributed by atoms with Gasteiger partial charge in [0.1, 0.15) is 6.04 Å². The molecule has 0 radical (unpaired) electrons. The molecule has 0 bridgehead atoms. The minimum atomic E-state index is -0.323.